The van der Waals surface area contributed by atoms with E-state index in [4.69, 9.17) is 9.72 Å². The molecule has 1 aromatic carbocycles. The Balaban J connectivity index is 1.88. The number of aryl methyl sites for hydroxylation is 1. The highest BCUT2D eigenvalue weighted by Gasteiger charge is 2.29. The number of methoxy groups -OCH3 is 1. The lowest BCUT2D eigenvalue weighted by molar-refractivity contribution is 0.0924. The number of benzene rings is 1. The lowest BCUT2D eigenvalue weighted by Crippen LogP contribution is -2.34. The molecular formula is C24H27N3O2S. The number of aromatic nitrogens is 2. The summed E-state index contributed by atoms with van der Waals surface area (Å²) in [6.45, 7) is 11.5. The Bertz CT molecular complexity index is 1100. The molecule has 3 aromatic rings. The maximum absolute atomic E-state index is 13.1. The zero-order valence-electron chi connectivity index (χ0n) is 17.9. The molecule has 0 fully saturated rings. The van der Waals surface area contributed by atoms with Gasteiger partial charge < -0.3 is 14.6 Å². The number of amides is 1. The van der Waals surface area contributed by atoms with Crippen molar-refractivity contribution in [2.24, 2.45) is 5.41 Å². The Labute approximate surface area is 181 Å². The van der Waals surface area contributed by atoms with Crippen molar-refractivity contribution in [3.8, 4) is 27.6 Å². The van der Waals surface area contributed by atoms with E-state index in [2.05, 4.69) is 55.4 Å². The Hall–Kier alpha value is -2.86. The summed E-state index contributed by atoms with van der Waals surface area (Å²) >= 11 is 1.63. The van der Waals surface area contributed by atoms with E-state index in [9.17, 15) is 4.79 Å². The quantitative estimate of drug-likeness (QED) is 0.611. The van der Waals surface area contributed by atoms with Crippen LogP contribution in [0.2, 0.25) is 0 Å². The standard InChI is InChI=1S/C24H27N3O2S/c1-6-15-12-17-16(13-18(15)29-5)9-10-27-21(17)20(19-8-7-11-30-19)26-22(27)23(28)25-14-24(2,3)4/h6-8,11-13H,1,9-10,14H2,2-5H3,(H,25,28). The minimum absolute atomic E-state index is 0.00553. The van der Waals surface area contributed by atoms with Gasteiger partial charge in [-0.25, -0.2) is 4.98 Å². The van der Waals surface area contributed by atoms with Crippen LogP contribution in [-0.2, 0) is 13.0 Å². The van der Waals surface area contributed by atoms with Gasteiger partial charge in [0.1, 0.15) is 11.4 Å². The molecule has 0 saturated carbocycles. The van der Waals surface area contributed by atoms with Gasteiger partial charge in [-0.2, -0.15) is 0 Å². The average Bonchev–Trinajstić information content (AvgIpc) is 3.38. The lowest BCUT2D eigenvalue weighted by Gasteiger charge is -2.23. The number of hydrogen-bond donors (Lipinski definition) is 1. The first kappa shape index (κ1) is 20.4. The Morgan fingerprint density at radius 3 is 2.83 bits per heavy atom. The van der Waals surface area contributed by atoms with Crippen LogP contribution in [0.1, 0.15) is 42.5 Å². The molecule has 4 rings (SSSR count). The molecule has 6 heteroatoms. The van der Waals surface area contributed by atoms with Gasteiger partial charge in [0, 0.05) is 24.2 Å². The smallest absolute Gasteiger partial charge is 0.287 e. The van der Waals surface area contributed by atoms with Crippen LogP contribution in [0.25, 0.3) is 27.9 Å². The fourth-order valence-electron chi connectivity index (χ4n) is 3.76. The first-order chi connectivity index (χ1) is 14.3. The van der Waals surface area contributed by atoms with E-state index in [0.717, 1.165) is 39.6 Å². The van der Waals surface area contributed by atoms with E-state index in [1.54, 1.807) is 24.5 Å². The molecule has 156 valence electrons. The molecular weight excluding hydrogens is 394 g/mol. The summed E-state index contributed by atoms with van der Waals surface area (Å²) in [5, 5.41) is 5.09. The number of fused-ring (bicyclic) bond motifs is 3. The second kappa shape index (κ2) is 7.76. The van der Waals surface area contributed by atoms with Gasteiger partial charge in [-0.1, -0.05) is 39.5 Å². The molecule has 30 heavy (non-hydrogen) atoms. The number of nitrogens with zero attached hydrogens (tertiary/aromatic N) is 2. The third kappa shape index (κ3) is 3.67. The first-order valence-corrected chi connectivity index (χ1v) is 11.0. The van der Waals surface area contributed by atoms with Gasteiger partial charge in [0.25, 0.3) is 5.91 Å². The van der Waals surface area contributed by atoms with Gasteiger partial charge in [0.2, 0.25) is 0 Å². The normalized spacial score (nSPS) is 12.8. The summed E-state index contributed by atoms with van der Waals surface area (Å²) in [6, 6.07) is 8.25. The summed E-state index contributed by atoms with van der Waals surface area (Å²) in [5.74, 6) is 1.16. The first-order valence-electron chi connectivity index (χ1n) is 10.1. The molecule has 0 atom stereocenters. The maximum atomic E-state index is 13.1. The zero-order valence-corrected chi connectivity index (χ0v) is 18.7. The average molecular weight is 422 g/mol. The zero-order chi connectivity index (χ0) is 21.5. The molecule has 1 N–H and O–H groups in total. The third-order valence-corrected chi connectivity index (χ3v) is 6.12. The third-order valence-electron chi connectivity index (χ3n) is 5.24. The Morgan fingerprint density at radius 2 is 2.20 bits per heavy atom. The largest absolute Gasteiger partial charge is 0.496 e. The second-order valence-electron chi connectivity index (χ2n) is 8.71. The van der Waals surface area contributed by atoms with Gasteiger partial charge >= 0.3 is 0 Å². The second-order valence-corrected chi connectivity index (χ2v) is 9.66. The van der Waals surface area contributed by atoms with E-state index in [-0.39, 0.29) is 11.3 Å². The van der Waals surface area contributed by atoms with E-state index in [0.29, 0.717) is 18.9 Å². The topological polar surface area (TPSA) is 56.1 Å². The van der Waals surface area contributed by atoms with Gasteiger partial charge in [0.05, 0.1) is 17.7 Å². The minimum Gasteiger partial charge on any atom is -0.496 e. The van der Waals surface area contributed by atoms with E-state index in [1.165, 1.54) is 5.56 Å². The monoisotopic (exact) mass is 421 g/mol. The van der Waals surface area contributed by atoms with Crippen molar-refractivity contribution < 1.29 is 9.53 Å². The van der Waals surface area contributed by atoms with E-state index in [1.807, 2.05) is 11.4 Å². The highest BCUT2D eigenvalue weighted by molar-refractivity contribution is 7.13. The van der Waals surface area contributed by atoms with Crippen LogP contribution in [-0.4, -0.2) is 29.1 Å². The highest BCUT2D eigenvalue weighted by Crippen LogP contribution is 2.42. The van der Waals surface area contributed by atoms with Crippen LogP contribution in [0.5, 0.6) is 5.75 Å². The summed E-state index contributed by atoms with van der Waals surface area (Å²) in [7, 11) is 1.68. The van der Waals surface area contributed by atoms with Crippen LogP contribution in [0.3, 0.4) is 0 Å². The van der Waals surface area contributed by atoms with Crippen molar-refractivity contribution in [2.75, 3.05) is 13.7 Å². The predicted molar refractivity (Wildman–Crippen MR) is 123 cm³/mol. The van der Waals surface area contributed by atoms with E-state index >= 15 is 0 Å². The van der Waals surface area contributed by atoms with Crippen molar-refractivity contribution in [3.63, 3.8) is 0 Å². The van der Waals surface area contributed by atoms with Crippen LogP contribution < -0.4 is 10.1 Å². The van der Waals surface area contributed by atoms with Gasteiger partial charge in [-0.3, -0.25) is 4.79 Å². The van der Waals surface area contributed by atoms with Crippen molar-refractivity contribution in [1.29, 1.82) is 0 Å². The van der Waals surface area contributed by atoms with Crippen molar-refractivity contribution in [1.82, 2.24) is 14.9 Å². The van der Waals surface area contributed by atoms with Crippen LogP contribution in [0.15, 0.2) is 36.2 Å². The molecule has 0 spiro atoms. The van der Waals surface area contributed by atoms with Crippen LogP contribution >= 0.6 is 11.3 Å². The maximum Gasteiger partial charge on any atom is 0.287 e. The number of carbonyl (C=O) groups is 1. The molecule has 1 amide bonds. The molecule has 0 bridgehead atoms. The number of carbonyl (C=O) groups excluding carboxylic acids is 1. The molecule has 0 saturated heterocycles. The molecule has 1 aliphatic rings. The molecule has 3 heterocycles. The Morgan fingerprint density at radius 1 is 1.40 bits per heavy atom. The fourth-order valence-corrected chi connectivity index (χ4v) is 4.48. The van der Waals surface area contributed by atoms with Gasteiger partial charge in [0.15, 0.2) is 5.82 Å². The SMILES string of the molecule is C=Cc1cc2c(cc1OC)CCn1c(C(=O)NCC(C)(C)C)nc(-c3cccs3)c1-2. The van der Waals surface area contributed by atoms with Crippen molar-refractivity contribution in [2.45, 2.75) is 33.7 Å². The van der Waals surface area contributed by atoms with Crippen molar-refractivity contribution in [3.05, 3.63) is 53.2 Å². The summed E-state index contributed by atoms with van der Waals surface area (Å²) < 4.78 is 7.61. The van der Waals surface area contributed by atoms with Gasteiger partial charge in [-0.05, 0) is 41.0 Å². The van der Waals surface area contributed by atoms with Crippen LogP contribution in [0.4, 0.5) is 0 Å². The molecule has 1 aliphatic heterocycles. The van der Waals surface area contributed by atoms with Crippen LogP contribution in [0, 0.1) is 5.41 Å². The number of nitrogens with one attached hydrogen (secondary N) is 1. The number of thiophene rings is 1. The summed E-state index contributed by atoms with van der Waals surface area (Å²) in [4.78, 5) is 18.9. The molecule has 0 unspecified atom stereocenters. The molecule has 0 radical (unpaired) electrons. The lowest BCUT2D eigenvalue weighted by atomic mass is 9.94. The predicted octanol–water partition coefficient (Wildman–Crippen LogP) is 5.26. The highest BCUT2D eigenvalue weighted by atomic mass is 32.1. The molecule has 2 aromatic heterocycles. The number of hydrogen-bond acceptors (Lipinski definition) is 4. The number of imidazole rings is 1. The number of ether oxygens (including phenoxy) is 1. The number of rotatable bonds is 5. The summed E-state index contributed by atoms with van der Waals surface area (Å²) in [6.07, 6.45) is 2.62. The Kier molecular flexibility index (Phi) is 5.28. The van der Waals surface area contributed by atoms with E-state index < -0.39 is 0 Å². The fraction of sp³-hybridized carbons (Fsp3) is 0.333. The minimum atomic E-state index is -0.130. The molecule has 0 aliphatic carbocycles. The van der Waals surface area contributed by atoms with Gasteiger partial charge in [-0.15, -0.1) is 11.3 Å². The summed E-state index contributed by atoms with van der Waals surface area (Å²) in [5.41, 5.74) is 5.07. The molecule has 5 nitrogen and oxygen atoms in total. The van der Waals surface area contributed by atoms with Crippen molar-refractivity contribution >= 4 is 23.3 Å².